The molecule has 4 aliphatic carbocycles. The summed E-state index contributed by atoms with van der Waals surface area (Å²) >= 11 is 0. The molecule has 0 aromatic carbocycles. The first-order valence-electron chi connectivity index (χ1n) is 12.6. The molecule has 0 saturated heterocycles. The Morgan fingerprint density at radius 1 is 1.07 bits per heavy atom. The van der Waals surface area contributed by atoms with Gasteiger partial charge in [0.1, 0.15) is 0 Å². The van der Waals surface area contributed by atoms with Crippen molar-refractivity contribution in [2.24, 2.45) is 40.4 Å². The molecule has 0 radical (unpaired) electrons. The van der Waals surface area contributed by atoms with Crippen molar-refractivity contribution < 1.29 is 15.0 Å². The van der Waals surface area contributed by atoms with Crippen molar-refractivity contribution in [2.75, 3.05) is 0 Å². The molecule has 4 rings (SSSR count). The highest BCUT2D eigenvalue weighted by Crippen LogP contribution is 2.68. The Labute approximate surface area is 183 Å². The molecule has 0 bridgehead atoms. The van der Waals surface area contributed by atoms with Crippen molar-refractivity contribution in [1.29, 1.82) is 0 Å². The normalized spacial score (nSPS) is 44.0. The fourth-order valence-corrected chi connectivity index (χ4v) is 8.53. The standard InChI is InChI=1S/C27H44O3/c1-17(2)6-11-24(29)27(5,30)23-10-9-21-20-8-7-18-16-19(28)12-14-25(18,3)22(20)13-15-26(21,23)4/h16-17,20-24,29-30H,6-15H2,1-5H3. The van der Waals surface area contributed by atoms with E-state index in [9.17, 15) is 15.0 Å². The number of hydrogen-bond donors (Lipinski definition) is 2. The van der Waals surface area contributed by atoms with E-state index in [1.807, 2.05) is 13.0 Å². The highest BCUT2D eigenvalue weighted by Gasteiger charge is 2.62. The van der Waals surface area contributed by atoms with Crippen molar-refractivity contribution in [2.45, 2.75) is 111 Å². The zero-order valence-corrected chi connectivity index (χ0v) is 19.9. The van der Waals surface area contributed by atoms with E-state index >= 15 is 0 Å². The average Bonchev–Trinajstić information content (AvgIpc) is 3.04. The van der Waals surface area contributed by atoms with E-state index in [1.165, 1.54) is 24.8 Å². The van der Waals surface area contributed by atoms with Crippen molar-refractivity contribution >= 4 is 5.78 Å². The van der Waals surface area contributed by atoms with Gasteiger partial charge in [0.25, 0.3) is 0 Å². The van der Waals surface area contributed by atoms with Gasteiger partial charge in [0.15, 0.2) is 5.78 Å². The maximum Gasteiger partial charge on any atom is 0.155 e. The van der Waals surface area contributed by atoms with Crippen LogP contribution in [0.5, 0.6) is 0 Å². The van der Waals surface area contributed by atoms with Crippen LogP contribution in [0.4, 0.5) is 0 Å². The number of carbonyl (C=O) groups is 1. The van der Waals surface area contributed by atoms with E-state index in [0.717, 1.165) is 32.1 Å². The third-order valence-corrected chi connectivity index (χ3v) is 10.4. The van der Waals surface area contributed by atoms with Crippen LogP contribution in [0.2, 0.25) is 0 Å². The maximum atomic E-state index is 12.0. The predicted molar refractivity (Wildman–Crippen MR) is 121 cm³/mol. The molecule has 30 heavy (non-hydrogen) atoms. The second-order valence-corrected chi connectivity index (χ2v) is 12.4. The van der Waals surface area contributed by atoms with Gasteiger partial charge < -0.3 is 10.2 Å². The van der Waals surface area contributed by atoms with Crippen molar-refractivity contribution in [3.05, 3.63) is 11.6 Å². The van der Waals surface area contributed by atoms with Gasteiger partial charge in [-0.15, -0.1) is 0 Å². The lowest BCUT2D eigenvalue weighted by Crippen LogP contribution is -2.55. The lowest BCUT2D eigenvalue weighted by molar-refractivity contribution is -0.152. The minimum atomic E-state index is -1.01. The number of hydrogen-bond acceptors (Lipinski definition) is 3. The summed E-state index contributed by atoms with van der Waals surface area (Å²) in [6, 6.07) is 0. The van der Waals surface area contributed by atoms with E-state index in [2.05, 4.69) is 27.7 Å². The first-order valence-corrected chi connectivity index (χ1v) is 12.6. The van der Waals surface area contributed by atoms with Crippen LogP contribution in [-0.2, 0) is 4.79 Å². The van der Waals surface area contributed by atoms with E-state index in [0.29, 0.717) is 42.3 Å². The number of aliphatic hydroxyl groups excluding tert-OH is 1. The summed E-state index contributed by atoms with van der Waals surface area (Å²) in [5.41, 5.74) is 0.738. The average molecular weight is 417 g/mol. The molecular weight excluding hydrogens is 372 g/mol. The summed E-state index contributed by atoms with van der Waals surface area (Å²) in [5, 5.41) is 22.5. The molecule has 2 N–H and O–H groups in total. The van der Waals surface area contributed by atoms with Gasteiger partial charge in [-0.25, -0.2) is 0 Å². The molecular formula is C27H44O3. The van der Waals surface area contributed by atoms with Gasteiger partial charge >= 0.3 is 0 Å². The molecule has 3 heteroatoms. The van der Waals surface area contributed by atoms with Gasteiger partial charge in [0.2, 0.25) is 0 Å². The lowest BCUT2D eigenvalue weighted by Gasteiger charge is -2.59. The quantitative estimate of drug-likeness (QED) is 0.606. The molecule has 4 aliphatic rings. The number of carbonyl (C=O) groups excluding carboxylic acids is 1. The molecule has 8 atom stereocenters. The van der Waals surface area contributed by atoms with Gasteiger partial charge in [-0.1, -0.05) is 33.3 Å². The number of aliphatic hydroxyl groups is 2. The van der Waals surface area contributed by atoms with Gasteiger partial charge in [0.05, 0.1) is 11.7 Å². The predicted octanol–water partition coefficient (Wildman–Crippen LogP) is 5.68. The molecule has 0 aromatic heterocycles. The van der Waals surface area contributed by atoms with Crippen LogP contribution in [0.25, 0.3) is 0 Å². The Hall–Kier alpha value is -0.670. The first-order chi connectivity index (χ1) is 14.0. The number of allylic oxidation sites excluding steroid dienone is 1. The van der Waals surface area contributed by atoms with Crippen LogP contribution in [0.3, 0.4) is 0 Å². The largest absolute Gasteiger partial charge is 0.390 e. The monoisotopic (exact) mass is 416 g/mol. The summed E-state index contributed by atoms with van der Waals surface area (Å²) in [4.78, 5) is 12.0. The molecule has 0 spiro atoms. The van der Waals surface area contributed by atoms with Gasteiger partial charge in [-0.05, 0) is 111 Å². The third-order valence-electron chi connectivity index (χ3n) is 10.4. The van der Waals surface area contributed by atoms with Crippen LogP contribution in [-0.4, -0.2) is 27.7 Å². The topological polar surface area (TPSA) is 57.5 Å². The Morgan fingerprint density at radius 3 is 2.50 bits per heavy atom. The van der Waals surface area contributed by atoms with Crippen LogP contribution in [0, 0.1) is 40.4 Å². The van der Waals surface area contributed by atoms with E-state index in [4.69, 9.17) is 0 Å². The SMILES string of the molecule is CC(C)CCC(O)C(C)(O)C1CCC2C3CCC4=CC(=O)CCC4(C)C3CCC21C. The molecule has 3 saturated carbocycles. The second kappa shape index (κ2) is 7.73. The summed E-state index contributed by atoms with van der Waals surface area (Å²) in [5.74, 6) is 3.07. The molecule has 0 amide bonds. The molecule has 0 heterocycles. The van der Waals surface area contributed by atoms with E-state index < -0.39 is 11.7 Å². The highest BCUT2D eigenvalue weighted by atomic mass is 16.3. The van der Waals surface area contributed by atoms with Crippen LogP contribution < -0.4 is 0 Å². The molecule has 0 aromatic rings. The minimum Gasteiger partial charge on any atom is -0.390 e. The zero-order chi connectivity index (χ0) is 21.9. The number of ketones is 1. The van der Waals surface area contributed by atoms with Gasteiger partial charge in [-0.2, -0.15) is 0 Å². The first kappa shape index (κ1) is 22.5. The van der Waals surface area contributed by atoms with Gasteiger partial charge in [-0.3, -0.25) is 4.79 Å². The minimum absolute atomic E-state index is 0.117. The number of fused-ring (bicyclic) bond motifs is 5. The Kier molecular flexibility index (Phi) is 5.80. The summed E-state index contributed by atoms with van der Waals surface area (Å²) in [6.07, 6.45) is 11.6. The molecule has 8 unspecified atom stereocenters. The Bertz CT molecular complexity index is 707. The fraction of sp³-hybridized carbons (Fsp3) is 0.889. The van der Waals surface area contributed by atoms with Gasteiger partial charge in [0, 0.05) is 6.42 Å². The Morgan fingerprint density at radius 2 is 1.80 bits per heavy atom. The summed E-state index contributed by atoms with van der Waals surface area (Å²) < 4.78 is 0. The van der Waals surface area contributed by atoms with Crippen molar-refractivity contribution in [3.8, 4) is 0 Å². The van der Waals surface area contributed by atoms with Crippen molar-refractivity contribution in [1.82, 2.24) is 0 Å². The van der Waals surface area contributed by atoms with Crippen LogP contribution in [0.15, 0.2) is 11.6 Å². The smallest absolute Gasteiger partial charge is 0.155 e. The fourth-order valence-electron chi connectivity index (χ4n) is 8.53. The summed E-state index contributed by atoms with van der Waals surface area (Å²) in [7, 11) is 0. The van der Waals surface area contributed by atoms with E-state index in [-0.39, 0.29) is 16.7 Å². The Balaban J connectivity index is 1.56. The van der Waals surface area contributed by atoms with Crippen LogP contribution in [0.1, 0.15) is 98.8 Å². The molecule has 3 fully saturated rings. The molecule has 0 aliphatic heterocycles. The number of rotatable bonds is 5. The maximum absolute atomic E-state index is 12.0. The zero-order valence-electron chi connectivity index (χ0n) is 19.9. The lowest BCUT2D eigenvalue weighted by atomic mass is 9.46. The van der Waals surface area contributed by atoms with E-state index in [1.54, 1.807) is 0 Å². The third kappa shape index (κ3) is 3.43. The molecule has 3 nitrogen and oxygen atoms in total. The highest BCUT2D eigenvalue weighted by molar-refractivity contribution is 5.91. The van der Waals surface area contributed by atoms with Crippen LogP contribution >= 0.6 is 0 Å². The summed E-state index contributed by atoms with van der Waals surface area (Å²) in [6.45, 7) is 11.1. The molecule has 170 valence electrons. The van der Waals surface area contributed by atoms with Crippen molar-refractivity contribution in [3.63, 3.8) is 0 Å². The second-order valence-electron chi connectivity index (χ2n) is 12.4.